The van der Waals surface area contributed by atoms with Gasteiger partial charge in [-0.25, -0.2) is 0 Å². The summed E-state index contributed by atoms with van der Waals surface area (Å²) in [4.78, 5) is 16.3. The summed E-state index contributed by atoms with van der Waals surface area (Å²) in [6.45, 7) is 4.40. The smallest absolute Gasteiger partial charge is 0.249 e. The summed E-state index contributed by atoms with van der Waals surface area (Å²) < 4.78 is 5.31. The molecule has 6 heteroatoms. The lowest BCUT2D eigenvalue weighted by molar-refractivity contribution is 0.0998. The van der Waals surface area contributed by atoms with Crippen LogP contribution in [0.15, 0.2) is 48.5 Å². The van der Waals surface area contributed by atoms with E-state index in [0.717, 1.165) is 37.5 Å². The molecule has 1 heterocycles. The second kappa shape index (κ2) is 8.21. The molecule has 2 aromatic carbocycles. The first-order valence-electron chi connectivity index (χ1n) is 8.84. The molecule has 0 saturated carbocycles. The summed E-state index contributed by atoms with van der Waals surface area (Å²) in [5.74, 6) is 0.439. The Kier molecular flexibility index (Phi) is 5.75. The van der Waals surface area contributed by atoms with Crippen LogP contribution >= 0.6 is 0 Å². The standard InChI is InChI=1S/C20H26N4O2/c1-26-16-6-4-5-15(13-16)24-11-9-23(10-12-24)14-19(21)17-7-2-3-8-18(17)20(22)25/h2-8,13,19H,9-12,14,21H2,1H3,(H2,22,25). The fourth-order valence-electron chi connectivity index (χ4n) is 3.42. The third kappa shape index (κ3) is 4.15. The Labute approximate surface area is 154 Å². The van der Waals surface area contributed by atoms with Crippen LogP contribution in [0.25, 0.3) is 0 Å². The summed E-state index contributed by atoms with van der Waals surface area (Å²) in [7, 11) is 1.68. The number of carbonyl (C=O) groups excluding carboxylic acids is 1. The van der Waals surface area contributed by atoms with Crippen molar-refractivity contribution in [3.8, 4) is 5.75 Å². The first-order valence-corrected chi connectivity index (χ1v) is 8.84. The Morgan fingerprint density at radius 2 is 1.85 bits per heavy atom. The van der Waals surface area contributed by atoms with Gasteiger partial charge in [-0.1, -0.05) is 24.3 Å². The topological polar surface area (TPSA) is 84.8 Å². The number of rotatable bonds is 6. The van der Waals surface area contributed by atoms with Gasteiger partial charge in [-0.15, -0.1) is 0 Å². The summed E-state index contributed by atoms with van der Waals surface area (Å²) >= 11 is 0. The average Bonchev–Trinajstić information content (AvgIpc) is 2.68. The van der Waals surface area contributed by atoms with E-state index in [2.05, 4.69) is 21.9 Å². The second-order valence-electron chi connectivity index (χ2n) is 6.55. The zero-order valence-corrected chi connectivity index (χ0v) is 15.1. The molecule has 6 nitrogen and oxygen atoms in total. The largest absolute Gasteiger partial charge is 0.497 e. The van der Waals surface area contributed by atoms with Gasteiger partial charge < -0.3 is 21.1 Å². The van der Waals surface area contributed by atoms with Crippen LogP contribution in [0, 0.1) is 0 Å². The van der Waals surface area contributed by atoms with E-state index in [4.69, 9.17) is 16.2 Å². The van der Waals surface area contributed by atoms with Crippen LogP contribution in [0.1, 0.15) is 22.0 Å². The number of benzene rings is 2. The van der Waals surface area contributed by atoms with E-state index >= 15 is 0 Å². The summed E-state index contributed by atoms with van der Waals surface area (Å²) in [5.41, 5.74) is 14.3. The average molecular weight is 354 g/mol. The number of methoxy groups -OCH3 is 1. The van der Waals surface area contributed by atoms with Crippen LogP contribution in [-0.4, -0.2) is 50.6 Å². The Hall–Kier alpha value is -2.57. The SMILES string of the molecule is COc1cccc(N2CCN(CC(N)c3ccccc3C(N)=O)CC2)c1. The van der Waals surface area contributed by atoms with Crippen LogP contribution in [0.2, 0.25) is 0 Å². The highest BCUT2D eigenvalue weighted by molar-refractivity contribution is 5.94. The lowest BCUT2D eigenvalue weighted by Crippen LogP contribution is -2.48. The van der Waals surface area contributed by atoms with Crippen molar-refractivity contribution in [1.29, 1.82) is 0 Å². The first-order chi connectivity index (χ1) is 12.6. The van der Waals surface area contributed by atoms with Crippen LogP contribution in [0.3, 0.4) is 0 Å². The Bertz CT molecular complexity index is 757. The summed E-state index contributed by atoms with van der Waals surface area (Å²) in [6, 6.07) is 15.2. The molecular formula is C20H26N4O2. The molecule has 0 spiro atoms. The number of ether oxygens (including phenoxy) is 1. The molecule has 0 aromatic heterocycles. The van der Waals surface area contributed by atoms with Crippen molar-refractivity contribution in [3.63, 3.8) is 0 Å². The number of carbonyl (C=O) groups is 1. The van der Waals surface area contributed by atoms with Gasteiger partial charge in [-0.3, -0.25) is 9.69 Å². The van der Waals surface area contributed by atoms with Crippen LogP contribution in [0.5, 0.6) is 5.75 Å². The number of nitrogens with zero attached hydrogens (tertiary/aromatic N) is 2. The quantitative estimate of drug-likeness (QED) is 0.823. The van der Waals surface area contributed by atoms with Crippen LogP contribution < -0.4 is 21.1 Å². The van der Waals surface area contributed by atoms with Crippen molar-refractivity contribution >= 4 is 11.6 Å². The minimum Gasteiger partial charge on any atom is -0.497 e. The minimum atomic E-state index is -0.432. The van der Waals surface area contributed by atoms with Gasteiger partial charge >= 0.3 is 0 Å². The number of hydrogen-bond acceptors (Lipinski definition) is 5. The number of primary amides is 1. The molecule has 0 radical (unpaired) electrons. The maximum absolute atomic E-state index is 11.6. The highest BCUT2D eigenvalue weighted by Gasteiger charge is 2.21. The van der Waals surface area contributed by atoms with Gasteiger partial charge in [0.25, 0.3) is 0 Å². The Balaban J connectivity index is 1.59. The van der Waals surface area contributed by atoms with Crippen molar-refractivity contribution in [1.82, 2.24) is 4.90 Å². The first kappa shape index (κ1) is 18.2. The zero-order chi connectivity index (χ0) is 18.5. The van der Waals surface area contributed by atoms with Crippen molar-refractivity contribution < 1.29 is 9.53 Å². The lowest BCUT2D eigenvalue weighted by atomic mass is 10.00. The van der Waals surface area contributed by atoms with E-state index in [0.29, 0.717) is 12.1 Å². The fraction of sp³-hybridized carbons (Fsp3) is 0.350. The maximum Gasteiger partial charge on any atom is 0.249 e. The summed E-state index contributed by atoms with van der Waals surface area (Å²) in [5, 5.41) is 0. The van der Waals surface area contributed by atoms with E-state index in [1.54, 1.807) is 13.2 Å². The van der Waals surface area contributed by atoms with Gasteiger partial charge in [0, 0.05) is 56.1 Å². The molecule has 26 heavy (non-hydrogen) atoms. The van der Waals surface area contributed by atoms with E-state index in [-0.39, 0.29) is 6.04 Å². The number of hydrogen-bond donors (Lipinski definition) is 2. The molecule has 1 fully saturated rings. The van der Waals surface area contributed by atoms with Crippen molar-refractivity contribution in [2.45, 2.75) is 6.04 Å². The highest BCUT2D eigenvalue weighted by atomic mass is 16.5. The molecule has 1 amide bonds. The summed E-state index contributed by atoms with van der Waals surface area (Å²) in [6.07, 6.45) is 0. The van der Waals surface area contributed by atoms with E-state index < -0.39 is 5.91 Å². The predicted molar refractivity (Wildman–Crippen MR) is 104 cm³/mol. The molecule has 2 aromatic rings. The minimum absolute atomic E-state index is 0.234. The molecule has 1 atom stereocenters. The van der Waals surface area contributed by atoms with Gasteiger partial charge in [0.15, 0.2) is 0 Å². The van der Waals surface area contributed by atoms with Gasteiger partial charge in [-0.2, -0.15) is 0 Å². The van der Waals surface area contributed by atoms with Crippen molar-refractivity contribution in [3.05, 3.63) is 59.7 Å². The van der Waals surface area contributed by atoms with Crippen molar-refractivity contribution in [2.75, 3.05) is 44.7 Å². The van der Waals surface area contributed by atoms with Crippen LogP contribution in [-0.2, 0) is 0 Å². The lowest BCUT2D eigenvalue weighted by Gasteiger charge is -2.37. The Morgan fingerprint density at radius 1 is 1.12 bits per heavy atom. The highest BCUT2D eigenvalue weighted by Crippen LogP contribution is 2.23. The monoisotopic (exact) mass is 354 g/mol. The number of amides is 1. The molecule has 138 valence electrons. The molecule has 0 aliphatic carbocycles. The van der Waals surface area contributed by atoms with E-state index in [9.17, 15) is 4.79 Å². The fourth-order valence-corrected chi connectivity index (χ4v) is 3.42. The maximum atomic E-state index is 11.6. The normalized spacial score (nSPS) is 16.3. The predicted octanol–water partition coefficient (Wildman–Crippen LogP) is 1.62. The molecular weight excluding hydrogens is 328 g/mol. The van der Waals surface area contributed by atoms with E-state index in [1.807, 2.05) is 30.3 Å². The van der Waals surface area contributed by atoms with Gasteiger partial charge in [0.05, 0.1) is 7.11 Å². The zero-order valence-electron chi connectivity index (χ0n) is 15.1. The van der Waals surface area contributed by atoms with Crippen molar-refractivity contribution in [2.24, 2.45) is 11.5 Å². The van der Waals surface area contributed by atoms with Gasteiger partial charge in [-0.05, 0) is 23.8 Å². The number of anilines is 1. The molecule has 1 saturated heterocycles. The van der Waals surface area contributed by atoms with Gasteiger partial charge in [0.1, 0.15) is 5.75 Å². The number of nitrogens with two attached hydrogens (primary N) is 2. The molecule has 1 unspecified atom stereocenters. The molecule has 1 aliphatic heterocycles. The Morgan fingerprint density at radius 3 is 2.54 bits per heavy atom. The third-order valence-corrected chi connectivity index (χ3v) is 4.87. The second-order valence-corrected chi connectivity index (χ2v) is 6.55. The molecule has 0 bridgehead atoms. The number of piperazine rings is 1. The third-order valence-electron chi connectivity index (χ3n) is 4.87. The van der Waals surface area contributed by atoms with E-state index in [1.165, 1.54) is 5.69 Å². The molecule has 1 aliphatic rings. The van der Waals surface area contributed by atoms with Gasteiger partial charge in [0.2, 0.25) is 5.91 Å². The molecule has 4 N–H and O–H groups in total. The van der Waals surface area contributed by atoms with Crippen LogP contribution in [0.4, 0.5) is 5.69 Å². The molecule has 3 rings (SSSR count).